The van der Waals surface area contributed by atoms with Crippen molar-refractivity contribution in [3.8, 4) is 22.3 Å². The third kappa shape index (κ3) is 5.22. The lowest BCUT2D eigenvalue weighted by Gasteiger charge is -2.37. The molecule has 0 fully saturated rings. The van der Waals surface area contributed by atoms with Gasteiger partial charge in [-0.2, -0.15) is 0 Å². The first-order chi connectivity index (χ1) is 28.8. The van der Waals surface area contributed by atoms with Gasteiger partial charge in [0, 0.05) is 11.8 Å². The number of benzene rings is 9. The molecule has 3 aliphatic rings. The van der Waals surface area contributed by atoms with E-state index in [4.69, 9.17) is 0 Å². The molecule has 9 aromatic rings. The van der Waals surface area contributed by atoms with Crippen LogP contribution >= 0.6 is 0 Å². The smallest absolute Gasteiger partial charge is 0.0134 e. The van der Waals surface area contributed by atoms with Crippen LogP contribution in [-0.2, 0) is 0 Å². The minimum absolute atomic E-state index is 0.239. The van der Waals surface area contributed by atoms with Gasteiger partial charge < -0.3 is 0 Å². The van der Waals surface area contributed by atoms with Crippen LogP contribution in [0.15, 0.2) is 217 Å². The maximum Gasteiger partial charge on any atom is 0.0134 e. The van der Waals surface area contributed by atoms with Gasteiger partial charge in [-0.3, -0.25) is 0 Å². The normalized spacial score (nSPS) is 17.5. The van der Waals surface area contributed by atoms with Gasteiger partial charge in [0.05, 0.1) is 0 Å². The molecule has 0 amide bonds. The summed E-state index contributed by atoms with van der Waals surface area (Å²) in [6.45, 7) is 0. The van der Waals surface area contributed by atoms with Crippen molar-refractivity contribution in [1.29, 1.82) is 0 Å². The molecule has 0 aliphatic heterocycles. The van der Waals surface area contributed by atoms with Gasteiger partial charge in [0.15, 0.2) is 0 Å². The topological polar surface area (TPSA) is 0 Å². The van der Waals surface area contributed by atoms with Crippen LogP contribution in [0.5, 0.6) is 0 Å². The van der Waals surface area contributed by atoms with Crippen molar-refractivity contribution in [3.63, 3.8) is 0 Å². The maximum absolute atomic E-state index is 2.58. The summed E-state index contributed by atoms with van der Waals surface area (Å²) in [5, 5.41) is 12.8. The Kier molecular flexibility index (Phi) is 7.60. The van der Waals surface area contributed by atoms with Gasteiger partial charge in [-0.1, -0.05) is 200 Å². The largest absolute Gasteiger partial charge is 0.0836 e. The van der Waals surface area contributed by atoms with Crippen molar-refractivity contribution in [2.24, 2.45) is 11.8 Å². The summed E-state index contributed by atoms with van der Waals surface area (Å²) in [7, 11) is 0. The van der Waals surface area contributed by atoms with Crippen LogP contribution in [0.25, 0.3) is 87.3 Å². The highest BCUT2D eigenvalue weighted by molar-refractivity contribution is 6.18. The summed E-state index contributed by atoms with van der Waals surface area (Å²) in [6, 6.07) is 63.3. The van der Waals surface area contributed by atoms with Crippen molar-refractivity contribution in [2.45, 2.75) is 12.8 Å². The Morgan fingerprint density at radius 2 is 1.03 bits per heavy atom. The second-order valence-electron chi connectivity index (χ2n) is 16.2. The molecule has 9 aromatic carbocycles. The van der Waals surface area contributed by atoms with Crippen LogP contribution in [0.2, 0.25) is 0 Å². The van der Waals surface area contributed by atoms with E-state index in [1.807, 2.05) is 0 Å². The molecule has 0 nitrogen and oxygen atoms in total. The fourth-order valence-corrected chi connectivity index (χ4v) is 10.4. The second-order valence-corrected chi connectivity index (χ2v) is 16.2. The van der Waals surface area contributed by atoms with E-state index in [1.165, 1.54) is 104 Å². The minimum Gasteiger partial charge on any atom is -0.0836 e. The lowest BCUT2D eigenvalue weighted by molar-refractivity contribution is 0.606. The fourth-order valence-electron chi connectivity index (χ4n) is 10.4. The molecule has 0 saturated heterocycles. The van der Waals surface area contributed by atoms with Gasteiger partial charge in [-0.15, -0.1) is 0 Å². The first-order valence-electron chi connectivity index (χ1n) is 20.7. The zero-order chi connectivity index (χ0) is 38.2. The summed E-state index contributed by atoms with van der Waals surface area (Å²) >= 11 is 0. The van der Waals surface area contributed by atoms with Crippen LogP contribution in [0.3, 0.4) is 0 Å². The van der Waals surface area contributed by atoms with Gasteiger partial charge >= 0.3 is 0 Å². The van der Waals surface area contributed by atoms with E-state index < -0.39 is 0 Å². The van der Waals surface area contributed by atoms with Crippen molar-refractivity contribution < 1.29 is 0 Å². The van der Waals surface area contributed by atoms with Crippen LogP contribution in [0.4, 0.5) is 0 Å². The third-order valence-corrected chi connectivity index (χ3v) is 13.1. The molecule has 12 rings (SSSR count). The van der Waals surface area contributed by atoms with E-state index in [0.29, 0.717) is 5.92 Å². The van der Waals surface area contributed by atoms with Crippen LogP contribution in [0, 0.1) is 11.8 Å². The maximum atomic E-state index is 2.58. The molecule has 2 unspecified atom stereocenters. The van der Waals surface area contributed by atoms with E-state index in [9.17, 15) is 0 Å². The lowest BCUT2D eigenvalue weighted by atomic mass is 9.67. The lowest BCUT2D eigenvalue weighted by Crippen LogP contribution is -2.23. The Morgan fingerprint density at radius 3 is 1.83 bits per heavy atom. The Labute approximate surface area is 339 Å². The number of hydrogen-bond donors (Lipinski definition) is 0. The Balaban J connectivity index is 1.06. The molecule has 58 heavy (non-hydrogen) atoms. The van der Waals surface area contributed by atoms with Gasteiger partial charge in [0.1, 0.15) is 0 Å². The quantitative estimate of drug-likeness (QED) is 0.158. The molecule has 0 saturated carbocycles. The molecule has 0 radical (unpaired) electrons. The Bertz CT molecular complexity index is 3330. The van der Waals surface area contributed by atoms with Gasteiger partial charge in [-0.25, -0.2) is 0 Å². The number of fused-ring (bicyclic) bond motifs is 8. The summed E-state index contributed by atoms with van der Waals surface area (Å²) in [5.74, 6) is 0.581. The van der Waals surface area contributed by atoms with E-state index in [2.05, 4.69) is 206 Å². The first kappa shape index (κ1) is 33.2. The minimum atomic E-state index is 0.239. The predicted octanol–water partition coefficient (Wildman–Crippen LogP) is 15.7. The number of allylic oxidation sites excluding steroid dienone is 10. The van der Waals surface area contributed by atoms with E-state index in [1.54, 1.807) is 5.57 Å². The molecule has 0 bridgehead atoms. The highest BCUT2D eigenvalue weighted by atomic mass is 14.4. The Morgan fingerprint density at radius 1 is 0.397 bits per heavy atom. The molecular formula is C58H40. The molecular weight excluding hydrogens is 697 g/mol. The van der Waals surface area contributed by atoms with Crippen LogP contribution in [-0.4, -0.2) is 0 Å². The third-order valence-electron chi connectivity index (χ3n) is 13.1. The summed E-state index contributed by atoms with van der Waals surface area (Å²) in [6.07, 6.45) is 17.0. The highest BCUT2D eigenvalue weighted by Gasteiger charge is 2.34. The van der Waals surface area contributed by atoms with Gasteiger partial charge in [0.25, 0.3) is 0 Å². The summed E-state index contributed by atoms with van der Waals surface area (Å²) in [5.41, 5.74) is 13.4. The number of rotatable bonds is 4. The van der Waals surface area contributed by atoms with E-state index in [-0.39, 0.29) is 5.92 Å². The van der Waals surface area contributed by atoms with Gasteiger partial charge in [0.2, 0.25) is 0 Å². The van der Waals surface area contributed by atoms with Crippen molar-refractivity contribution >= 4 is 65.0 Å². The van der Waals surface area contributed by atoms with Crippen LogP contribution in [0.1, 0.15) is 24.0 Å². The van der Waals surface area contributed by atoms with E-state index in [0.717, 1.165) is 12.8 Å². The van der Waals surface area contributed by atoms with Crippen molar-refractivity contribution in [2.75, 3.05) is 0 Å². The molecule has 0 heteroatoms. The van der Waals surface area contributed by atoms with E-state index >= 15 is 0 Å². The SMILES string of the molecule is C1=CC2=C(CC1)C1C=CC(c3cccc4ccccc34)=CC1C(c1ccc(-c3cc4ccccc4c4ccc(-c5cccc6ccccc56)cc34)c3ccccc13)=C2. The average molecular weight is 737 g/mol. The van der Waals surface area contributed by atoms with Gasteiger partial charge in [-0.05, 0) is 129 Å². The van der Waals surface area contributed by atoms with Crippen molar-refractivity contribution in [3.05, 3.63) is 229 Å². The predicted molar refractivity (Wildman–Crippen MR) is 249 cm³/mol. The highest BCUT2D eigenvalue weighted by Crippen LogP contribution is 2.50. The second kappa shape index (κ2) is 13.3. The summed E-state index contributed by atoms with van der Waals surface area (Å²) < 4.78 is 0. The fraction of sp³-hybridized carbons (Fsp3) is 0.0690. The Hall–Kier alpha value is -7.02. The zero-order valence-electron chi connectivity index (χ0n) is 32.2. The molecule has 0 aromatic heterocycles. The van der Waals surface area contributed by atoms with Crippen molar-refractivity contribution in [1.82, 2.24) is 0 Å². The number of hydrogen-bond acceptors (Lipinski definition) is 0. The standard InChI is InChI=1S/C58H40/c1-5-19-43-37(13-1)17-11-25-45(43)41-27-29-51-47-21-7-3-15-39(47)33-57(55(51)35-41)53-31-32-54(50-24-10-9-23-49(50)53)58-34-40-16-4-8-22-48(40)52-30-28-42(36-56(52)58)46-26-12-18-38-14-2-6-20-44(38)46/h1-7,9-21,23-36,52,56H,8,22H2. The first-order valence-corrected chi connectivity index (χ1v) is 20.7. The zero-order valence-corrected chi connectivity index (χ0v) is 32.2. The average Bonchev–Trinajstić information content (AvgIpc) is 3.30. The molecule has 272 valence electrons. The summed E-state index contributed by atoms with van der Waals surface area (Å²) in [4.78, 5) is 0. The molecule has 0 N–H and O–H groups in total. The monoisotopic (exact) mass is 736 g/mol. The molecule has 3 aliphatic carbocycles. The molecule has 2 atom stereocenters. The molecule has 0 spiro atoms. The molecule has 0 heterocycles. The van der Waals surface area contributed by atoms with Crippen LogP contribution < -0.4 is 0 Å².